The summed E-state index contributed by atoms with van der Waals surface area (Å²) in [4.78, 5) is 39.2. The minimum atomic E-state index is -3.69. The van der Waals surface area contributed by atoms with Gasteiger partial charge in [-0.25, -0.2) is 35.6 Å². The van der Waals surface area contributed by atoms with Crippen LogP contribution in [0.5, 0.6) is 0 Å². The number of rotatable bonds is 14. The highest BCUT2D eigenvalue weighted by atomic mass is 32.2. The number of aromatic nitrogens is 4. The van der Waals surface area contributed by atoms with Crippen molar-refractivity contribution in [1.82, 2.24) is 33.9 Å². The summed E-state index contributed by atoms with van der Waals surface area (Å²) in [6.07, 6.45) is 13.1. The predicted molar refractivity (Wildman–Crippen MR) is 236 cm³/mol. The molecule has 2 N–H and O–H groups in total. The lowest BCUT2D eigenvalue weighted by Gasteiger charge is -2.37. The van der Waals surface area contributed by atoms with Crippen LogP contribution < -0.4 is 9.44 Å². The Balaban J connectivity index is 0.000000192. The zero-order chi connectivity index (χ0) is 44.7. The van der Waals surface area contributed by atoms with E-state index in [1.165, 1.54) is 12.1 Å². The normalized spacial score (nSPS) is 23.1. The summed E-state index contributed by atoms with van der Waals surface area (Å²) < 4.78 is 65.5. The Morgan fingerprint density at radius 2 is 1.24 bits per heavy atom. The van der Waals surface area contributed by atoms with Crippen molar-refractivity contribution in [1.29, 1.82) is 0 Å². The van der Waals surface area contributed by atoms with E-state index in [0.29, 0.717) is 38.5 Å². The number of sulfonamides is 2. The molecule has 334 valence electrons. The van der Waals surface area contributed by atoms with Crippen molar-refractivity contribution < 1.29 is 36.0 Å². The second-order valence-corrected chi connectivity index (χ2v) is 20.1. The van der Waals surface area contributed by atoms with E-state index < -0.39 is 25.5 Å². The molecule has 0 radical (unpaired) electrons. The molecular weight excluding hydrogens is 843 g/mol. The van der Waals surface area contributed by atoms with E-state index in [-0.39, 0.29) is 58.2 Å². The summed E-state index contributed by atoms with van der Waals surface area (Å²) in [6.45, 7) is 4.82. The Bertz CT molecular complexity index is 2520. The van der Waals surface area contributed by atoms with Gasteiger partial charge in [-0.1, -0.05) is 30.3 Å². The van der Waals surface area contributed by atoms with E-state index >= 15 is 0 Å². The molecule has 3 heterocycles. The first-order chi connectivity index (χ1) is 30.3. The van der Waals surface area contributed by atoms with Crippen LogP contribution in [-0.4, -0.2) is 84.7 Å². The van der Waals surface area contributed by atoms with Crippen molar-refractivity contribution >= 4 is 38.2 Å². The Kier molecular flexibility index (Phi) is 14.1. The first-order valence-electron chi connectivity index (χ1n) is 21.5. The minimum Gasteiger partial charge on any atom is -0.466 e. The topological polar surface area (TPSA) is 192 Å². The number of benzene rings is 3. The molecule has 1 atom stereocenters. The highest BCUT2D eigenvalue weighted by Crippen LogP contribution is 2.47. The molecule has 17 heteroatoms. The third-order valence-electron chi connectivity index (χ3n) is 12.8. The fourth-order valence-electron chi connectivity index (χ4n) is 9.08. The third-order valence-corrected chi connectivity index (χ3v) is 15.9. The summed E-state index contributed by atoms with van der Waals surface area (Å²) in [7, 11) is -7.32. The van der Waals surface area contributed by atoms with Crippen LogP contribution in [0.2, 0.25) is 0 Å². The standard InChI is InChI=1S/C26H30N4O3S.C20H25N3O5S/c1-20(21-6-3-2-4-7-21)29-19-16-26(25(29)31)14-12-22(13-15-26)28-34(32,33)24-10-8-23(9-11-24)30-18-5-17-27-30;1-2-28-19(25)20(12-15-24)10-8-16(9-11-20)22-29(26,27)18-6-4-17(5-7-18)23-14-3-13-21-23/h2-11,17-18,20,22,28H,12-16,19H2,1H3;3-7,13-16,22H,2,8-12H2,1H3/t20-,22?,26?;/m1./s1. The van der Waals surface area contributed by atoms with Crippen molar-refractivity contribution in [3.8, 4) is 11.4 Å². The number of hydrogen-bond acceptors (Lipinski definition) is 10. The highest BCUT2D eigenvalue weighted by Gasteiger charge is 2.50. The monoisotopic (exact) mass is 897 g/mol. The number of nitrogens with one attached hydrogen (secondary N) is 2. The molecule has 15 nitrogen and oxygen atoms in total. The maximum atomic E-state index is 13.4. The van der Waals surface area contributed by atoms with Crippen molar-refractivity contribution in [2.24, 2.45) is 10.8 Å². The molecule has 0 bridgehead atoms. The number of esters is 1. The van der Waals surface area contributed by atoms with Crippen LogP contribution >= 0.6 is 0 Å². The molecule has 2 saturated carbocycles. The lowest BCUT2D eigenvalue weighted by atomic mass is 9.71. The van der Waals surface area contributed by atoms with Crippen LogP contribution in [-0.2, 0) is 39.2 Å². The van der Waals surface area contributed by atoms with Gasteiger partial charge >= 0.3 is 5.97 Å². The Morgan fingerprint density at radius 1 is 0.746 bits per heavy atom. The van der Waals surface area contributed by atoms with E-state index in [0.717, 1.165) is 49.0 Å². The zero-order valence-electron chi connectivity index (χ0n) is 35.6. The number of aldehydes is 1. The number of amides is 1. The third kappa shape index (κ3) is 10.3. The van der Waals surface area contributed by atoms with Gasteiger partial charge in [0.2, 0.25) is 26.0 Å². The maximum absolute atomic E-state index is 13.4. The van der Waals surface area contributed by atoms with Crippen LogP contribution in [0.4, 0.5) is 0 Å². The second kappa shape index (κ2) is 19.5. The van der Waals surface area contributed by atoms with Crippen molar-refractivity contribution in [2.45, 2.75) is 106 Å². The van der Waals surface area contributed by atoms with Gasteiger partial charge in [-0.3, -0.25) is 9.59 Å². The lowest BCUT2D eigenvalue weighted by Crippen LogP contribution is -2.44. The molecule has 1 aliphatic heterocycles. The molecule has 1 saturated heterocycles. The van der Waals surface area contributed by atoms with Crippen molar-refractivity contribution in [3.63, 3.8) is 0 Å². The molecule has 5 aromatic rings. The highest BCUT2D eigenvalue weighted by molar-refractivity contribution is 7.89. The number of hydrogen-bond donors (Lipinski definition) is 2. The van der Waals surface area contributed by atoms with Crippen LogP contribution in [0.1, 0.15) is 89.7 Å². The van der Waals surface area contributed by atoms with Gasteiger partial charge in [-0.05, 0) is 138 Å². The Morgan fingerprint density at radius 3 is 1.68 bits per heavy atom. The molecule has 2 aromatic heterocycles. The number of likely N-dealkylation sites (tertiary alicyclic amines) is 1. The van der Waals surface area contributed by atoms with Crippen molar-refractivity contribution in [3.05, 3.63) is 121 Å². The van der Waals surface area contributed by atoms with Crippen LogP contribution in [0.15, 0.2) is 126 Å². The van der Waals surface area contributed by atoms with Crippen LogP contribution in [0.25, 0.3) is 11.4 Å². The van der Waals surface area contributed by atoms with E-state index in [4.69, 9.17) is 4.74 Å². The molecule has 1 spiro atoms. The Hall–Kier alpha value is -5.49. The Labute approximate surface area is 369 Å². The molecule has 2 aliphatic carbocycles. The fraction of sp³-hybridized carbons (Fsp3) is 0.413. The smallest absolute Gasteiger partial charge is 0.312 e. The van der Waals surface area contributed by atoms with Gasteiger partial charge in [0, 0.05) is 49.8 Å². The average molecular weight is 898 g/mol. The molecule has 63 heavy (non-hydrogen) atoms. The largest absolute Gasteiger partial charge is 0.466 e. The minimum absolute atomic E-state index is 0.0500. The van der Waals surface area contributed by atoms with Gasteiger partial charge in [-0.2, -0.15) is 10.2 Å². The molecule has 3 aromatic carbocycles. The van der Waals surface area contributed by atoms with Gasteiger partial charge in [0.25, 0.3) is 0 Å². The van der Waals surface area contributed by atoms with Gasteiger partial charge in [0.05, 0.1) is 44.6 Å². The maximum Gasteiger partial charge on any atom is 0.312 e. The summed E-state index contributed by atoms with van der Waals surface area (Å²) in [5, 5.41) is 8.28. The molecule has 3 aliphatic rings. The molecule has 8 rings (SSSR count). The fourth-order valence-corrected chi connectivity index (χ4v) is 11.7. The van der Waals surface area contributed by atoms with Crippen LogP contribution in [0.3, 0.4) is 0 Å². The van der Waals surface area contributed by atoms with E-state index in [1.807, 2.05) is 35.4 Å². The summed E-state index contributed by atoms with van der Waals surface area (Å²) in [5.74, 6) is -0.151. The number of nitrogens with zero attached hydrogens (tertiary/aromatic N) is 5. The second-order valence-electron chi connectivity index (χ2n) is 16.7. The zero-order valence-corrected chi connectivity index (χ0v) is 37.2. The van der Waals surface area contributed by atoms with Crippen molar-refractivity contribution in [2.75, 3.05) is 13.2 Å². The van der Waals surface area contributed by atoms with Gasteiger partial charge < -0.3 is 14.4 Å². The van der Waals surface area contributed by atoms with Gasteiger partial charge in [-0.15, -0.1) is 0 Å². The van der Waals surface area contributed by atoms with E-state index in [9.17, 15) is 31.2 Å². The molecule has 1 amide bonds. The summed E-state index contributed by atoms with van der Waals surface area (Å²) in [6, 6.07) is 26.5. The van der Waals surface area contributed by atoms with Gasteiger partial charge in [0.15, 0.2) is 0 Å². The average Bonchev–Trinajstić information content (AvgIpc) is 4.10. The summed E-state index contributed by atoms with van der Waals surface area (Å²) >= 11 is 0. The first kappa shape index (κ1) is 45.5. The quantitative estimate of drug-likeness (QED) is 0.0944. The number of ether oxygens (including phenoxy) is 1. The van der Waals surface area contributed by atoms with E-state index in [2.05, 4.69) is 38.7 Å². The first-order valence-corrected chi connectivity index (χ1v) is 24.5. The molecule has 0 unspecified atom stereocenters. The number of carbonyl (C=O) groups is 3. The summed E-state index contributed by atoms with van der Waals surface area (Å²) in [5.41, 5.74) is 1.52. The van der Waals surface area contributed by atoms with Crippen LogP contribution in [0, 0.1) is 10.8 Å². The SMILES string of the molecule is CCOC(=O)C1(CC=O)CCC(NS(=O)(=O)c2ccc(-n3cccn3)cc2)CC1.C[C@H](c1ccccc1)N1CCC2(CCC(NS(=O)(=O)c3ccc(-n4cccn4)cc3)CC2)C1=O. The lowest BCUT2D eigenvalue weighted by molar-refractivity contribution is -0.159. The predicted octanol–water partition coefficient (Wildman–Crippen LogP) is 6.30. The van der Waals surface area contributed by atoms with Gasteiger partial charge in [0.1, 0.15) is 6.29 Å². The van der Waals surface area contributed by atoms with E-state index in [1.54, 1.807) is 77.3 Å². The number of carbonyl (C=O) groups excluding carboxylic acids is 3. The molecule has 3 fully saturated rings. The molecular formula is C46H55N7O8S2.